The van der Waals surface area contributed by atoms with Gasteiger partial charge in [-0.25, -0.2) is 9.18 Å². The lowest BCUT2D eigenvalue weighted by Gasteiger charge is -2.08. The molecule has 2 rings (SSSR count). The van der Waals surface area contributed by atoms with Gasteiger partial charge < -0.3 is 10.3 Å². The molecule has 0 bridgehead atoms. The Bertz CT molecular complexity index is 822. The number of aromatic nitrogens is 2. The second-order valence-electron chi connectivity index (χ2n) is 5.30. The lowest BCUT2D eigenvalue weighted by Crippen LogP contribution is -2.36. The highest BCUT2D eigenvalue weighted by molar-refractivity contribution is 5.76. The fraction of sp³-hybridized carbons (Fsp3) is 0.312. The van der Waals surface area contributed by atoms with E-state index in [2.05, 4.69) is 10.3 Å². The average Bonchev–Trinajstić information content (AvgIpc) is 2.52. The zero-order valence-electron chi connectivity index (χ0n) is 13.0. The summed E-state index contributed by atoms with van der Waals surface area (Å²) in [6.07, 6.45) is 0.369. The van der Waals surface area contributed by atoms with E-state index in [9.17, 15) is 18.8 Å². The molecule has 2 aromatic rings. The summed E-state index contributed by atoms with van der Waals surface area (Å²) in [4.78, 5) is 37.9. The summed E-state index contributed by atoms with van der Waals surface area (Å²) in [6, 6.07) is 5.85. The molecule has 0 aliphatic heterocycles. The Morgan fingerprint density at radius 1 is 1.26 bits per heavy atom. The number of nitrogens with one attached hydrogen (secondary N) is 2. The molecule has 1 aromatic carbocycles. The Labute approximate surface area is 132 Å². The summed E-state index contributed by atoms with van der Waals surface area (Å²) in [5.74, 6) is -0.550. The molecule has 0 aliphatic carbocycles. The molecule has 1 amide bonds. The SMILES string of the molecule is Cc1[nH]c(=O)n(C)c(=O)c1CCC(=O)NCc1ccc(F)cc1. The number of rotatable bonds is 5. The number of aryl methyl sites for hydroxylation is 1. The number of carbonyl (C=O) groups is 1. The average molecular weight is 319 g/mol. The largest absolute Gasteiger partial charge is 0.352 e. The molecule has 1 heterocycles. The Balaban J connectivity index is 1.95. The van der Waals surface area contributed by atoms with Crippen LogP contribution in [0.25, 0.3) is 0 Å². The standard InChI is InChI=1S/C16H18FN3O3/c1-10-13(15(22)20(2)16(23)19-10)7-8-14(21)18-9-11-3-5-12(17)6-4-11/h3-6H,7-9H2,1-2H3,(H,18,21)(H,19,23). The smallest absolute Gasteiger partial charge is 0.328 e. The van der Waals surface area contributed by atoms with Gasteiger partial charge in [0.15, 0.2) is 0 Å². The summed E-state index contributed by atoms with van der Waals surface area (Å²) >= 11 is 0. The normalized spacial score (nSPS) is 10.6. The molecule has 6 nitrogen and oxygen atoms in total. The van der Waals surface area contributed by atoms with Gasteiger partial charge in [0.1, 0.15) is 5.82 Å². The van der Waals surface area contributed by atoms with Crippen molar-refractivity contribution in [2.24, 2.45) is 7.05 Å². The molecule has 0 aliphatic rings. The highest BCUT2D eigenvalue weighted by atomic mass is 19.1. The first-order valence-corrected chi connectivity index (χ1v) is 7.18. The molecule has 1 aromatic heterocycles. The van der Waals surface area contributed by atoms with E-state index in [4.69, 9.17) is 0 Å². The van der Waals surface area contributed by atoms with Crippen molar-refractivity contribution in [2.75, 3.05) is 0 Å². The fourth-order valence-corrected chi connectivity index (χ4v) is 2.20. The Morgan fingerprint density at radius 2 is 1.91 bits per heavy atom. The van der Waals surface area contributed by atoms with Gasteiger partial charge in [-0.05, 0) is 31.0 Å². The van der Waals surface area contributed by atoms with Crippen molar-refractivity contribution >= 4 is 5.91 Å². The zero-order valence-corrected chi connectivity index (χ0v) is 13.0. The minimum absolute atomic E-state index is 0.128. The summed E-state index contributed by atoms with van der Waals surface area (Å²) < 4.78 is 13.8. The molecule has 0 spiro atoms. The predicted molar refractivity (Wildman–Crippen MR) is 83.6 cm³/mol. The number of nitrogens with zero attached hydrogens (tertiary/aromatic N) is 1. The van der Waals surface area contributed by atoms with Gasteiger partial charge in [-0.3, -0.25) is 14.2 Å². The zero-order chi connectivity index (χ0) is 17.0. The van der Waals surface area contributed by atoms with Crippen LogP contribution in [0.15, 0.2) is 33.9 Å². The van der Waals surface area contributed by atoms with Crippen LogP contribution in [0.2, 0.25) is 0 Å². The van der Waals surface area contributed by atoms with E-state index in [1.165, 1.54) is 19.2 Å². The molecule has 0 atom stereocenters. The van der Waals surface area contributed by atoms with Gasteiger partial charge in [-0.1, -0.05) is 12.1 Å². The predicted octanol–water partition coefficient (Wildman–Crippen LogP) is 0.770. The van der Waals surface area contributed by atoms with E-state index < -0.39 is 11.2 Å². The first-order chi connectivity index (χ1) is 10.9. The molecule has 0 saturated carbocycles. The number of aromatic amines is 1. The quantitative estimate of drug-likeness (QED) is 0.854. The molecular weight excluding hydrogens is 301 g/mol. The monoisotopic (exact) mass is 319 g/mol. The number of hydrogen-bond donors (Lipinski definition) is 2. The molecular formula is C16H18FN3O3. The van der Waals surface area contributed by atoms with Gasteiger partial charge >= 0.3 is 5.69 Å². The molecule has 0 radical (unpaired) electrons. The van der Waals surface area contributed by atoms with Crippen LogP contribution in [0.5, 0.6) is 0 Å². The Morgan fingerprint density at radius 3 is 2.57 bits per heavy atom. The number of benzene rings is 1. The van der Waals surface area contributed by atoms with E-state index in [-0.39, 0.29) is 24.6 Å². The molecule has 2 N–H and O–H groups in total. The minimum Gasteiger partial charge on any atom is -0.352 e. The van der Waals surface area contributed by atoms with Crippen molar-refractivity contribution in [2.45, 2.75) is 26.3 Å². The Hall–Kier alpha value is -2.70. The first kappa shape index (κ1) is 16.7. The Kier molecular flexibility index (Phi) is 5.10. The van der Waals surface area contributed by atoms with Crippen molar-refractivity contribution in [1.29, 1.82) is 0 Å². The van der Waals surface area contributed by atoms with Gasteiger partial charge in [-0.15, -0.1) is 0 Å². The molecule has 23 heavy (non-hydrogen) atoms. The van der Waals surface area contributed by atoms with Crippen LogP contribution in [0.4, 0.5) is 4.39 Å². The van der Waals surface area contributed by atoms with E-state index in [0.29, 0.717) is 17.8 Å². The maximum absolute atomic E-state index is 12.8. The van der Waals surface area contributed by atoms with Crippen LogP contribution in [-0.4, -0.2) is 15.5 Å². The molecule has 122 valence electrons. The van der Waals surface area contributed by atoms with Crippen LogP contribution in [0.3, 0.4) is 0 Å². The molecule has 0 unspecified atom stereocenters. The van der Waals surface area contributed by atoms with Crippen molar-refractivity contribution in [1.82, 2.24) is 14.9 Å². The van der Waals surface area contributed by atoms with Crippen molar-refractivity contribution < 1.29 is 9.18 Å². The number of halogens is 1. The van der Waals surface area contributed by atoms with Crippen LogP contribution >= 0.6 is 0 Å². The third kappa shape index (κ3) is 4.15. The second-order valence-corrected chi connectivity index (χ2v) is 5.30. The fourth-order valence-electron chi connectivity index (χ4n) is 2.20. The van der Waals surface area contributed by atoms with Crippen LogP contribution in [-0.2, 0) is 24.8 Å². The van der Waals surface area contributed by atoms with Gasteiger partial charge in [0.05, 0.1) is 0 Å². The maximum Gasteiger partial charge on any atom is 0.328 e. The number of amides is 1. The summed E-state index contributed by atoms with van der Waals surface area (Å²) in [5, 5.41) is 2.71. The highest BCUT2D eigenvalue weighted by Crippen LogP contribution is 2.03. The van der Waals surface area contributed by atoms with Crippen molar-refractivity contribution in [3.8, 4) is 0 Å². The number of carbonyl (C=O) groups excluding carboxylic acids is 1. The van der Waals surface area contributed by atoms with Gasteiger partial charge in [-0.2, -0.15) is 0 Å². The minimum atomic E-state index is -0.475. The summed E-state index contributed by atoms with van der Waals surface area (Å²) in [6.45, 7) is 1.93. The van der Waals surface area contributed by atoms with Crippen LogP contribution in [0, 0.1) is 12.7 Å². The third-order valence-electron chi connectivity index (χ3n) is 3.62. The van der Waals surface area contributed by atoms with E-state index >= 15 is 0 Å². The molecule has 0 saturated heterocycles. The third-order valence-corrected chi connectivity index (χ3v) is 3.62. The summed E-state index contributed by atoms with van der Waals surface area (Å²) in [5.41, 5.74) is 0.818. The number of hydrogen-bond acceptors (Lipinski definition) is 3. The van der Waals surface area contributed by atoms with Crippen molar-refractivity contribution in [3.05, 3.63) is 67.7 Å². The van der Waals surface area contributed by atoms with Gasteiger partial charge in [0.2, 0.25) is 5.91 Å². The molecule has 0 fully saturated rings. The highest BCUT2D eigenvalue weighted by Gasteiger charge is 2.11. The van der Waals surface area contributed by atoms with E-state index in [1.807, 2.05) is 0 Å². The number of H-pyrrole nitrogens is 1. The van der Waals surface area contributed by atoms with Crippen LogP contribution in [0.1, 0.15) is 23.2 Å². The van der Waals surface area contributed by atoms with Crippen LogP contribution < -0.4 is 16.6 Å². The van der Waals surface area contributed by atoms with E-state index in [1.54, 1.807) is 19.1 Å². The van der Waals surface area contributed by atoms with Gasteiger partial charge in [0, 0.05) is 31.3 Å². The van der Waals surface area contributed by atoms with E-state index in [0.717, 1.165) is 10.1 Å². The first-order valence-electron chi connectivity index (χ1n) is 7.18. The second kappa shape index (κ2) is 7.04. The topological polar surface area (TPSA) is 84.0 Å². The van der Waals surface area contributed by atoms with Gasteiger partial charge in [0.25, 0.3) is 5.56 Å². The maximum atomic E-state index is 12.8. The molecule has 7 heteroatoms. The van der Waals surface area contributed by atoms with Crippen molar-refractivity contribution in [3.63, 3.8) is 0 Å². The lowest BCUT2D eigenvalue weighted by atomic mass is 10.1. The summed E-state index contributed by atoms with van der Waals surface area (Å²) in [7, 11) is 1.39. The lowest BCUT2D eigenvalue weighted by molar-refractivity contribution is -0.121.